The quantitative estimate of drug-likeness (QED) is 0.537. The summed E-state index contributed by atoms with van der Waals surface area (Å²) in [5, 5.41) is 7.72. The average Bonchev–Trinajstić information content (AvgIpc) is 2.74. The minimum Gasteiger partial charge on any atom is -0.382 e. The zero-order valence-electron chi connectivity index (χ0n) is 14.6. The lowest BCUT2D eigenvalue weighted by atomic mass is 10.2. The highest BCUT2D eigenvalue weighted by Crippen LogP contribution is 2.39. The van der Waals surface area contributed by atoms with Crippen molar-refractivity contribution >= 4 is 13.8 Å². The molecule has 0 aromatic rings. The van der Waals surface area contributed by atoms with Crippen LogP contribution < -0.4 is 0 Å². The van der Waals surface area contributed by atoms with E-state index in [1.165, 1.54) is 24.6 Å². The van der Waals surface area contributed by atoms with Crippen molar-refractivity contribution in [1.82, 2.24) is 5.01 Å². The molecule has 0 amide bonds. The van der Waals surface area contributed by atoms with E-state index in [4.69, 9.17) is 9.84 Å². The Kier molecular flexibility index (Phi) is 6.26. The second-order valence-electron chi connectivity index (χ2n) is 7.74. The molecule has 0 bridgehead atoms. The van der Waals surface area contributed by atoms with Gasteiger partial charge in [0.25, 0.3) is 0 Å². The van der Waals surface area contributed by atoms with Crippen molar-refractivity contribution < 1.29 is 4.74 Å². The summed E-state index contributed by atoms with van der Waals surface area (Å²) >= 11 is 0. The van der Waals surface area contributed by atoms with Gasteiger partial charge in [0, 0.05) is 19.4 Å². The van der Waals surface area contributed by atoms with Crippen molar-refractivity contribution in [2.45, 2.75) is 77.2 Å². The van der Waals surface area contributed by atoms with Crippen LogP contribution >= 0.6 is 0 Å². The predicted octanol–water partition coefficient (Wildman–Crippen LogP) is 4.37. The number of hydrogen-bond donors (Lipinski definition) is 0. The van der Waals surface area contributed by atoms with Gasteiger partial charge in [-0.25, -0.2) is 0 Å². The topological polar surface area (TPSA) is 24.8 Å². The third kappa shape index (κ3) is 4.59. The first kappa shape index (κ1) is 17.7. The summed E-state index contributed by atoms with van der Waals surface area (Å²) in [6.07, 6.45) is 3.53. The van der Waals surface area contributed by atoms with Crippen molar-refractivity contribution in [2.75, 3.05) is 20.3 Å². The van der Waals surface area contributed by atoms with Gasteiger partial charge in [0.2, 0.25) is 0 Å². The van der Waals surface area contributed by atoms with Gasteiger partial charge in [-0.15, -0.1) is 0 Å². The van der Waals surface area contributed by atoms with Crippen LogP contribution in [0.5, 0.6) is 0 Å². The Morgan fingerprint density at radius 3 is 2.50 bits per heavy atom. The number of methoxy groups -OCH3 is 1. The van der Waals surface area contributed by atoms with Gasteiger partial charge in [0.05, 0.1) is 20.7 Å². The minimum atomic E-state index is -1.29. The summed E-state index contributed by atoms with van der Waals surface area (Å²) in [6.45, 7) is 16.3. The minimum absolute atomic E-state index is 0.430. The number of rotatable bonds is 6. The van der Waals surface area contributed by atoms with E-state index < -0.39 is 8.07 Å². The third-order valence-electron chi connectivity index (χ3n) is 5.06. The predicted molar refractivity (Wildman–Crippen MR) is 91.3 cm³/mol. The van der Waals surface area contributed by atoms with Crippen LogP contribution in [0.15, 0.2) is 5.10 Å². The maximum atomic E-state index is 5.32. The average molecular weight is 299 g/mol. The van der Waals surface area contributed by atoms with E-state index in [-0.39, 0.29) is 0 Å². The molecule has 1 saturated heterocycles. The fourth-order valence-corrected chi connectivity index (χ4v) is 4.37. The van der Waals surface area contributed by atoms with E-state index in [0.717, 1.165) is 19.6 Å². The van der Waals surface area contributed by atoms with Crippen molar-refractivity contribution in [3.63, 3.8) is 0 Å². The molecule has 3 nitrogen and oxygen atoms in total. The second-order valence-corrected chi connectivity index (χ2v) is 13.4. The van der Waals surface area contributed by atoms with Crippen LogP contribution in [-0.4, -0.2) is 45.1 Å². The van der Waals surface area contributed by atoms with Crippen LogP contribution in [0.2, 0.25) is 24.2 Å². The highest BCUT2D eigenvalue weighted by atomic mass is 28.3. The molecule has 0 aromatic carbocycles. The zero-order chi connectivity index (χ0) is 15.4. The van der Waals surface area contributed by atoms with Crippen molar-refractivity contribution in [3.8, 4) is 0 Å². The molecule has 0 spiro atoms. The smallest absolute Gasteiger partial charge is 0.0704 e. The van der Waals surface area contributed by atoms with Gasteiger partial charge in [0.15, 0.2) is 0 Å². The molecule has 1 aliphatic rings. The van der Waals surface area contributed by atoms with Crippen LogP contribution in [0.1, 0.15) is 47.0 Å². The van der Waals surface area contributed by atoms with Crippen LogP contribution in [0.4, 0.5) is 0 Å². The molecule has 1 rings (SSSR count). The van der Waals surface area contributed by atoms with Gasteiger partial charge < -0.3 is 4.74 Å². The number of hydrazone groups is 1. The van der Waals surface area contributed by atoms with Gasteiger partial charge in [-0.05, 0) is 30.3 Å². The van der Waals surface area contributed by atoms with Gasteiger partial charge in [-0.3, -0.25) is 5.01 Å². The van der Waals surface area contributed by atoms with E-state index in [1.807, 2.05) is 0 Å². The summed E-state index contributed by atoms with van der Waals surface area (Å²) in [5.74, 6) is 0. The number of nitrogens with zero attached hydrogens (tertiary/aromatic N) is 2. The monoisotopic (exact) mass is 298 g/mol. The highest BCUT2D eigenvalue weighted by molar-refractivity contribution is 6.82. The maximum Gasteiger partial charge on any atom is 0.0704 e. The Morgan fingerprint density at radius 1 is 1.35 bits per heavy atom. The molecule has 0 radical (unpaired) electrons. The molecule has 1 heterocycles. The first-order valence-corrected chi connectivity index (χ1v) is 11.2. The largest absolute Gasteiger partial charge is 0.382 e. The van der Waals surface area contributed by atoms with Crippen molar-refractivity contribution in [3.05, 3.63) is 0 Å². The van der Waals surface area contributed by atoms with Crippen LogP contribution in [0, 0.1) is 0 Å². The number of ether oxygens (including phenoxy) is 1. The molecule has 0 aliphatic carbocycles. The Labute approximate surface area is 126 Å². The molecule has 0 N–H and O–H groups in total. The fourth-order valence-electron chi connectivity index (χ4n) is 2.50. The Balaban J connectivity index is 2.77. The molecular formula is C16H34N2OSi. The summed E-state index contributed by atoms with van der Waals surface area (Å²) in [4.78, 5) is 0. The van der Waals surface area contributed by atoms with Crippen LogP contribution in [0.25, 0.3) is 0 Å². The molecule has 1 fully saturated rings. The Morgan fingerprint density at radius 2 is 2.00 bits per heavy atom. The molecular weight excluding hydrogens is 264 g/mol. The molecule has 0 unspecified atom stereocenters. The van der Waals surface area contributed by atoms with Crippen LogP contribution in [0.3, 0.4) is 0 Å². The maximum absolute atomic E-state index is 5.32. The van der Waals surface area contributed by atoms with E-state index in [9.17, 15) is 0 Å². The van der Waals surface area contributed by atoms with E-state index in [1.54, 1.807) is 7.11 Å². The van der Waals surface area contributed by atoms with Crippen molar-refractivity contribution in [2.24, 2.45) is 5.10 Å². The fraction of sp³-hybridized carbons (Fsp3) is 0.938. The van der Waals surface area contributed by atoms with E-state index in [2.05, 4.69) is 45.8 Å². The molecule has 20 heavy (non-hydrogen) atoms. The lowest BCUT2D eigenvalue weighted by Crippen LogP contribution is -2.39. The molecule has 1 aliphatic heterocycles. The summed E-state index contributed by atoms with van der Waals surface area (Å²) in [6, 6.07) is 1.70. The lowest BCUT2D eigenvalue weighted by Gasteiger charge is -2.37. The summed E-state index contributed by atoms with van der Waals surface area (Å²) < 4.78 is 5.32. The second kappa shape index (κ2) is 7.08. The summed E-state index contributed by atoms with van der Waals surface area (Å²) in [5.41, 5.74) is 1.39. The molecule has 1 atom stereocenters. The van der Waals surface area contributed by atoms with Gasteiger partial charge in [0.1, 0.15) is 0 Å². The first-order valence-electron chi connectivity index (χ1n) is 8.03. The van der Waals surface area contributed by atoms with Gasteiger partial charge >= 0.3 is 0 Å². The third-order valence-corrected chi connectivity index (χ3v) is 10.4. The molecule has 0 saturated carbocycles. The van der Waals surface area contributed by atoms with E-state index in [0.29, 0.717) is 11.1 Å². The lowest BCUT2D eigenvalue weighted by molar-refractivity contribution is 0.117. The molecule has 0 aromatic heterocycles. The summed E-state index contributed by atoms with van der Waals surface area (Å²) in [7, 11) is 0.498. The molecule has 118 valence electrons. The normalized spacial score (nSPS) is 21.6. The SMILES string of the molecule is CC/C(C[Si](C)(C)C(C)(C)C)=N\N1CCC[C@H]1COC. The zero-order valence-corrected chi connectivity index (χ0v) is 15.6. The Bertz CT molecular complexity index is 334. The Hall–Kier alpha value is -0.353. The number of hydrogen-bond acceptors (Lipinski definition) is 3. The van der Waals surface area contributed by atoms with Crippen molar-refractivity contribution in [1.29, 1.82) is 0 Å². The van der Waals surface area contributed by atoms with Gasteiger partial charge in [-0.2, -0.15) is 5.10 Å². The highest BCUT2D eigenvalue weighted by Gasteiger charge is 2.36. The molecule has 4 heteroatoms. The van der Waals surface area contributed by atoms with Gasteiger partial charge in [-0.1, -0.05) is 40.8 Å². The standard InChI is InChI=1S/C16H34N2OSi/c1-8-14(13-20(6,7)16(2,3)4)17-18-11-9-10-15(18)12-19-5/h15H,8-13H2,1-7H3/b17-14+/t15-/m0/s1. The first-order chi connectivity index (χ1) is 9.21. The van der Waals surface area contributed by atoms with Crippen LogP contribution in [-0.2, 0) is 4.74 Å². The van der Waals surface area contributed by atoms with E-state index >= 15 is 0 Å².